The first kappa shape index (κ1) is 16.4. The average molecular weight is 250 g/mol. The summed E-state index contributed by atoms with van der Waals surface area (Å²) in [5.41, 5.74) is 15.4. The number of hydrogen-bond donors (Lipinski definition) is 6. The van der Waals surface area contributed by atoms with Crippen LogP contribution in [0.5, 0.6) is 0 Å². The van der Waals surface area contributed by atoms with E-state index in [-0.39, 0.29) is 55.6 Å². The van der Waals surface area contributed by atoms with E-state index in [0.717, 1.165) is 0 Å². The summed E-state index contributed by atoms with van der Waals surface area (Å²) < 4.78 is 0. The third-order valence-electron chi connectivity index (χ3n) is 0.687. The predicted molar refractivity (Wildman–Crippen MR) is 55.2 cm³/mol. The summed E-state index contributed by atoms with van der Waals surface area (Å²) in [4.78, 5) is 32.2. The van der Waals surface area contributed by atoms with Crippen LogP contribution in [0.1, 0.15) is 0 Å². The Kier molecular flexibility index (Phi) is 9.73. The molecular weight excluding hydrogens is 239 g/mol. The van der Waals surface area contributed by atoms with Gasteiger partial charge in [0.15, 0.2) is 0 Å². The van der Waals surface area contributed by atoms with Gasteiger partial charge in [0.2, 0.25) is 17.8 Å². The number of nitrogens with zero attached hydrogens (tertiary/aromatic N) is 3. The van der Waals surface area contributed by atoms with Gasteiger partial charge in [-0.2, -0.15) is 15.0 Å². The van der Waals surface area contributed by atoms with Gasteiger partial charge in [0.1, 0.15) is 0 Å². The van der Waals surface area contributed by atoms with Crippen molar-refractivity contribution in [1.82, 2.24) is 15.0 Å². The molecule has 0 saturated heterocycles. The van der Waals surface area contributed by atoms with E-state index >= 15 is 0 Å². The number of nitrogen functional groups attached to an aromatic ring is 3. The molecule has 9 nitrogen and oxygen atoms in total. The van der Waals surface area contributed by atoms with Crippen LogP contribution in [0.2, 0.25) is 0 Å². The molecule has 0 fully saturated rings. The monoisotopic (exact) mass is 250 g/mol. The van der Waals surface area contributed by atoms with Crippen LogP contribution in [0, 0.1) is 0 Å². The Balaban J connectivity index is 0. The zero-order valence-corrected chi connectivity index (χ0v) is 7.26. The van der Waals surface area contributed by atoms with E-state index in [1.165, 1.54) is 0 Å². The van der Waals surface area contributed by atoms with Gasteiger partial charge >= 0.3 is 46.3 Å². The van der Waals surface area contributed by atoms with Crippen molar-refractivity contribution >= 4 is 64.2 Å². The molecule has 1 rings (SSSR count). The minimum atomic E-state index is -2.62. The second-order valence-electron chi connectivity index (χ2n) is 1.68. The molecule has 0 bridgehead atoms. The summed E-state index contributed by atoms with van der Waals surface area (Å²) in [6, 6.07) is 0. The Morgan fingerprint density at radius 2 is 0.929 bits per heavy atom. The van der Waals surface area contributed by atoms with Crippen LogP contribution in [-0.2, 0) is 0 Å². The van der Waals surface area contributed by atoms with Crippen molar-refractivity contribution in [2.24, 2.45) is 0 Å². The fourth-order valence-corrected chi connectivity index (χ4v) is 0.427. The Morgan fingerprint density at radius 3 is 1.07 bits per heavy atom. The summed E-state index contributed by atoms with van der Waals surface area (Å²) in [5, 5.41) is 0. The normalized spacial score (nSPS) is 8.57. The number of aromatic nitrogens is 3. The molecule has 0 radical (unpaired) electrons. The Labute approximate surface area is 110 Å². The minimum absolute atomic E-state index is 0. The van der Waals surface area contributed by atoms with Gasteiger partial charge in [-0.1, -0.05) is 0 Å². The summed E-state index contributed by atoms with van der Waals surface area (Å²) in [6.45, 7) is 0. The van der Waals surface area contributed by atoms with Gasteiger partial charge in [-0.3, -0.25) is 0 Å². The van der Waals surface area contributed by atoms with Crippen molar-refractivity contribution < 1.29 is 14.7 Å². The standard InChI is InChI=1S/C3H6N6.Ca.H3O3P.2H/c4-1-7-2(5)9-3(6)8-1;;1-4(2)3;;/h(H6,4,5,6,7,8,9);;1-3H;;. The molecule has 14 heavy (non-hydrogen) atoms. The van der Waals surface area contributed by atoms with Crippen molar-refractivity contribution in [3.05, 3.63) is 0 Å². The van der Waals surface area contributed by atoms with Crippen LogP contribution < -0.4 is 17.2 Å². The van der Waals surface area contributed by atoms with Crippen molar-refractivity contribution in [3.63, 3.8) is 0 Å². The zero-order chi connectivity index (χ0) is 10.4. The molecule has 1 heterocycles. The van der Waals surface area contributed by atoms with Crippen LogP contribution in [0.15, 0.2) is 0 Å². The number of nitrogens with two attached hydrogens (primary N) is 3. The summed E-state index contributed by atoms with van der Waals surface area (Å²) in [5.74, 6) is 0.125. The number of anilines is 3. The maximum atomic E-state index is 7.23. The van der Waals surface area contributed by atoms with E-state index < -0.39 is 8.60 Å². The van der Waals surface area contributed by atoms with E-state index in [0.29, 0.717) is 0 Å². The molecule has 0 aromatic carbocycles. The molecule has 0 unspecified atom stereocenters. The van der Waals surface area contributed by atoms with Gasteiger partial charge in [0.25, 0.3) is 0 Å². The molecule has 0 aliphatic rings. The van der Waals surface area contributed by atoms with Gasteiger partial charge in [-0.25, -0.2) is 0 Å². The summed E-state index contributed by atoms with van der Waals surface area (Å²) in [6.07, 6.45) is 0. The van der Waals surface area contributed by atoms with Crippen LogP contribution in [-0.4, -0.2) is 67.4 Å². The van der Waals surface area contributed by atoms with E-state index in [1.807, 2.05) is 0 Å². The Morgan fingerprint density at radius 1 is 0.786 bits per heavy atom. The third-order valence-corrected chi connectivity index (χ3v) is 0.687. The van der Waals surface area contributed by atoms with Crippen molar-refractivity contribution in [2.75, 3.05) is 17.2 Å². The third kappa shape index (κ3) is 10.1. The molecule has 0 aliphatic heterocycles. The summed E-state index contributed by atoms with van der Waals surface area (Å²) in [7, 11) is -2.62. The number of rotatable bonds is 0. The van der Waals surface area contributed by atoms with E-state index in [9.17, 15) is 0 Å². The molecule has 0 saturated carbocycles. The maximum absolute atomic E-state index is 7.23. The van der Waals surface area contributed by atoms with Crippen LogP contribution in [0.3, 0.4) is 0 Å². The molecule has 11 heteroatoms. The topological polar surface area (TPSA) is 177 Å². The molecule has 0 amide bonds. The van der Waals surface area contributed by atoms with Gasteiger partial charge < -0.3 is 31.9 Å². The van der Waals surface area contributed by atoms with Crippen LogP contribution >= 0.6 is 8.60 Å². The van der Waals surface area contributed by atoms with Crippen molar-refractivity contribution in [1.29, 1.82) is 0 Å². The van der Waals surface area contributed by atoms with Crippen LogP contribution in [0.25, 0.3) is 0 Å². The van der Waals surface area contributed by atoms with Crippen LogP contribution in [0.4, 0.5) is 17.8 Å². The van der Waals surface area contributed by atoms with Crippen molar-refractivity contribution in [2.45, 2.75) is 0 Å². The quantitative estimate of drug-likeness (QED) is 0.205. The molecule has 1 aromatic rings. The van der Waals surface area contributed by atoms with E-state index in [1.54, 1.807) is 0 Å². The first-order valence-electron chi connectivity index (χ1n) is 2.81. The first-order valence-corrected chi connectivity index (χ1v) is 4.01. The second kappa shape index (κ2) is 8.30. The van der Waals surface area contributed by atoms with E-state index in [4.69, 9.17) is 31.9 Å². The molecule has 0 aliphatic carbocycles. The SMILES string of the molecule is Nc1nc(N)nc(N)n1.OP(O)O.[CaH2]. The number of hydrogen-bond acceptors (Lipinski definition) is 9. The molecule has 1 aromatic heterocycles. The predicted octanol–water partition coefficient (Wildman–Crippen LogP) is -3.11. The van der Waals surface area contributed by atoms with Gasteiger partial charge in [0.05, 0.1) is 0 Å². The molecule has 0 atom stereocenters. The van der Waals surface area contributed by atoms with Gasteiger partial charge in [-0.15, -0.1) is 0 Å². The Bertz CT molecular complexity index is 221. The second-order valence-corrected chi connectivity index (χ2v) is 2.21. The zero-order valence-electron chi connectivity index (χ0n) is 6.36. The molecular formula is C3H11CaN6O3P. The average Bonchev–Trinajstić information content (AvgIpc) is 1.80. The molecule has 0 spiro atoms. The molecule has 78 valence electrons. The van der Waals surface area contributed by atoms with Gasteiger partial charge in [-0.05, 0) is 0 Å². The fraction of sp³-hybridized carbons (Fsp3) is 0. The Hall–Kier alpha value is -0.0203. The fourth-order valence-electron chi connectivity index (χ4n) is 0.427. The summed E-state index contributed by atoms with van der Waals surface area (Å²) >= 11 is 0. The van der Waals surface area contributed by atoms with E-state index in [2.05, 4.69) is 15.0 Å². The van der Waals surface area contributed by atoms with Crippen molar-refractivity contribution in [3.8, 4) is 0 Å². The first-order chi connectivity index (χ1) is 5.91. The van der Waals surface area contributed by atoms with Gasteiger partial charge in [0, 0.05) is 0 Å². The molecule has 9 N–H and O–H groups in total.